The normalized spacial score (nSPS) is 15.4. The number of benzene rings is 3. The molecule has 27 heavy (non-hydrogen) atoms. The number of rotatable bonds is 3. The van der Waals surface area contributed by atoms with Gasteiger partial charge >= 0.3 is 10.1 Å². The summed E-state index contributed by atoms with van der Waals surface area (Å²) >= 11 is 0. The van der Waals surface area contributed by atoms with Crippen molar-refractivity contribution in [3.63, 3.8) is 0 Å². The molecule has 1 aliphatic rings. The van der Waals surface area contributed by atoms with E-state index in [1.54, 1.807) is 24.3 Å². The summed E-state index contributed by atoms with van der Waals surface area (Å²) in [6, 6.07) is 20.3. The van der Waals surface area contributed by atoms with Crippen LogP contribution in [0.25, 0.3) is 16.8 Å². The van der Waals surface area contributed by atoms with Gasteiger partial charge in [0.2, 0.25) is 0 Å². The van der Waals surface area contributed by atoms with E-state index in [0.29, 0.717) is 16.9 Å². The maximum atomic E-state index is 13.1. The fraction of sp³-hybridized carbons (Fsp3) is 0.0476. The molecule has 0 aromatic heterocycles. The van der Waals surface area contributed by atoms with Gasteiger partial charge in [0.05, 0.1) is 0 Å². The molecule has 3 aromatic carbocycles. The summed E-state index contributed by atoms with van der Waals surface area (Å²) in [4.78, 5) is 0. The maximum Gasteiger partial charge on any atom is 0.320 e. The van der Waals surface area contributed by atoms with Crippen LogP contribution in [0.15, 0.2) is 85.0 Å². The van der Waals surface area contributed by atoms with Crippen LogP contribution in [0.1, 0.15) is 16.4 Å². The topological polar surface area (TPSA) is 43.4 Å². The van der Waals surface area contributed by atoms with Gasteiger partial charge in [-0.15, -0.1) is 0 Å². The summed E-state index contributed by atoms with van der Waals surface area (Å²) in [5.41, 5.74) is 2.05. The first kappa shape index (κ1) is 22.4. The number of hydrogen-bond donors (Lipinski definition) is 0. The second kappa shape index (κ2) is 9.10. The molecule has 0 spiro atoms. The summed E-state index contributed by atoms with van der Waals surface area (Å²) < 4.78 is 31.7. The molecular formula is C21H16Na2O3S. The molecule has 0 N–H and O–H groups in total. The Morgan fingerprint density at radius 3 is 2.30 bits per heavy atom. The number of allylic oxidation sites excluding steroid dienone is 1. The van der Waals surface area contributed by atoms with Crippen molar-refractivity contribution < 1.29 is 12.6 Å². The average molecular weight is 394 g/mol. The van der Waals surface area contributed by atoms with E-state index in [2.05, 4.69) is 6.58 Å². The Morgan fingerprint density at radius 2 is 1.48 bits per heavy atom. The van der Waals surface area contributed by atoms with Crippen LogP contribution in [0.3, 0.4) is 0 Å². The summed E-state index contributed by atoms with van der Waals surface area (Å²) in [6.07, 6.45) is 3.61. The Labute approximate surface area is 203 Å². The molecule has 0 bridgehead atoms. The van der Waals surface area contributed by atoms with Gasteiger partial charge in [-0.3, -0.25) is 0 Å². The minimum absolute atomic E-state index is 0. The Balaban J connectivity index is 0.00000131. The Bertz CT molecular complexity index is 1120. The Kier molecular flexibility index (Phi) is 7.56. The van der Waals surface area contributed by atoms with Crippen molar-refractivity contribution in [2.24, 2.45) is 0 Å². The fourth-order valence-corrected chi connectivity index (χ4v) is 4.63. The minimum atomic E-state index is -3.94. The zero-order valence-corrected chi connectivity index (χ0v) is 20.2. The molecule has 0 saturated carbocycles. The first-order chi connectivity index (χ1) is 12.1. The van der Waals surface area contributed by atoms with E-state index >= 15 is 0 Å². The summed E-state index contributed by atoms with van der Waals surface area (Å²) in [6.45, 7) is 3.92. The van der Waals surface area contributed by atoms with Crippen LogP contribution in [0, 0.1) is 0 Å². The van der Waals surface area contributed by atoms with Crippen LogP contribution >= 0.6 is 0 Å². The average Bonchev–Trinajstić information content (AvgIpc) is 2.61. The van der Waals surface area contributed by atoms with Crippen molar-refractivity contribution in [1.82, 2.24) is 0 Å². The molecule has 1 unspecified atom stereocenters. The fourth-order valence-electron chi connectivity index (χ4n) is 3.17. The smallest absolute Gasteiger partial charge is 0.320 e. The molecule has 2 radical (unpaired) electrons. The van der Waals surface area contributed by atoms with Crippen LogP contribution < -0.4 is 4.18 Å². The van der Waals surface area contributed by atoms with Crippen molar-refractivity contribution in [1.29, 1.82) is 0 Å². The van der Waals surface area contributed by atoms with Crippen LogP contribution in [0.4, 0.5) is 0 Å². The largest absolute Gasteiger partial charge is 0.381 e. The van der Waals surface area contributed by atoms with E-state index in [-0.39, 0.29) is 59.1 Å². The first-order valence-corrected chi connectivity index (χ1v) is 9.40. The molecule has 0 heterocycles. The Morgan fingerprint density at radius 1 is 0.815 bits per heavy atom. The van der Waals surface area contributed by atoms with Gasteiger partial charge in [0.25, 0.3) is 0 Å². The van der Waals surface area contributed by atoms with E-state index in [1.165, 1.54) is 0 Å². The van der Waals surface area contributed by atoms with E-state index < -0.39 is 15.4 Å². The molecule has 0 fully saturated rings. The zero-order chi connectivity index (χ0) is 17.4. The number of hydrogen-bond acceptors (Lipinski definition) is 3. The maximum absolute atomic E-state index is 13.1. The Hall–Kier alpha value is -0.850. The van der Waals surface area contributed by atoms with Crippen molar-refractivity contribution in [3.8, 4) is 5.75 Å². The van der Waals surface area contributed by atoms with E-state index in [0.717, 1.165) is 16.3 Å². The molecular weight excluding hydrogens is 378 g/mol. The number of fused-ring (bicyclic) bond motifs is 2. The van der Waals surface area contributed by atoms with Gasteiger partial charge in [-0.05, 0) is 28.2 Å². The van der Waals surface area contributed by atoms with Crippen molar-refractivity contribution in [2.75, 3.05) is 0 Å². The van der Waals surface area contributed by atoms with Gasteiger partial charge in [0.15, 0.2) is 0 Å². The van der Waals surface area contributed by atoms with Crippen molar-refractivity contribution in [3.05, 3.63) is 96.1 Å². The third-order valence-electron chi connectivity index (χ3n) is 4.34. The molecule has 1 aliphatic carbocycles. The third kappa shape index (κ3) is 4.43. The molecule has 126 valence electrons. The molecule has 3 nitrogen and oxygen atoms in total. The predicted octanol–water partition coefficient (Wildman–Crippen LogP) is 4.11. The van der Waals surface area contributed by atoms with Gasteiger partial charge in [-0.25, -0.2) is 0 Å². The second-order valence-corrected chi connectivity index (χ2v) is 7.59. The van der Waals surface area contributed by atoms with Crippen LogP contribution in [-0.4, -0.2) is 67.5 Å². The standard InChI is InChI=1S/C21H16O3S.2Na/c1-15-13-14-17-8-3-5-11-19(17)21(15)25(22,23)24-20-12-6-9-16-7-2-4-10-18(16)20;;/h2-14,21H,1H2;;. The van der Waals surface area contributed by atoms with Gasteiger partial charge in [0, 0.05) is 64.5 Å². The van der Waals surface area contributed by atoms with Gasteiger partial charge in [-0.2, -0.15) is 8.42 Å². The first-order valence-electron chi connectivity index (χ1n) is 7.93. The molecule has 0 aliphatic heterocycles. The summed E-state index contributed by atoms with van der Waals surface area (Å²) in [7, 11) is -3.94. The van der Waals surface area contributed by atoms with Crippen molar-refractivity contribution in [2.45, 2.75) is 5.25 Å². The second-order valence-electron chi connectivity index (χ2n) is 5.97. The van der Waals surface area contributed by atoms with Gasteiger partial charge < -0.3 is 4.18 Å². The third-order valence-corrected chi connectivity index (χ3v) is 5.88. The minimum Gasteiger partial charge on any atom is -0.381 e. The molecule has 6 heteroatoms. The molecule has 0 saturated heterocycles. The zero-order valence-electron chi connectivity index (χ0n) is 15.4. The molecule has 0 amide bonds. The van der Waals surface area contributed by atoms with Crippen LogP contribution in [-0.2, 0) is 10.1 Å². The monoisotopic (exact) mass is 394 g/mol. The quantitative estimate of drug-likeness (QED) is 0.496. The van der Waals surface area contributed by atoms with Crippen LogP contribution in [0.5, 0.6) is 5.75 Å². The molecule has 3 aromatic rings. The SMILES string of the molecule is C=C1C=Cc2ccccc2C1S(=O)(=O)Oc1cccc2ccccc12.[Na].[Na]. The van der Waals surface area contributed by atoms with Gasteiger partial charge in [-0.1, -0.05) is 79.4 Å². The van der Waals surface area contributed by atoms with Crippen molar-refractivity contribution >= 4 is 86.1 Å². The molecule has 4 rings (SSSR count). The van der Waals surface area contributed by atoms with E-state index in [4.69, 9.17) is 4.18 Å². The summed E-state index contributed by atoms with van der Waals surface area (Å²) in [5.74, 6) is 0.331. The van der Waals surface area contributed by atoms with E-state index in [9.17, 15) is 8.42 Å². The summed E-state index contributed by atoms with van der Waals surface area (Å²) in [5, 5.41) is 0.782. The van der Waals surface area contributed by atoms with E-state index in [1.807, 2.05) is 54.6 Å². The predicted molar refractivity (Wildman–Crippen MR) is 112 cm³/mol. The van der Waals surface area contributed by atoms with Gasteiger partial charge in [0.1, 0.15) is 11.0 Å². The van der Waals surface area contributed by atoms with Crippen LogP contribution in [0.2, 0.25) is 0 Å². The molecule has 1 atom stereocenters.